The Labute approximate surface area is 161 Å². The number of hydrogen-bond donors (Lipinski definition) is 2. The molecule has 4 atom stereocenters. The van der Waals surface area contributed by atoms with Crippen molar-refractivity contribution in [1.82, 2.24) is 10.2 Å². The number of amides is 1. The summed E-state index contributed by atoms with van der Waals surface area (Å²) in [6.45, 7) is 2.13. The number of carbonyl (C=O) groups is 1. The fraction of sp³-hybridized carbons (Fsp3) is 0.611. The first-order chi connectivity index (χ1) is 11.0. The van der Waals surface area contributed by atoms with Crippen LogP contribution in [0.3, 0.4) is 0 Å². The summed E-state index contributed by atoms with van der Waals surface area (Å²) in [6.07, 6.45) is 3.47. The third kappa shape index (κ3) is 5.30. The van der Waals surface area contributed by atoms with E-state index in [1.165, 1.54) is 18.6 Å². The van der Waals surface area contributed by atoms with Gasteiger partial charge in [0.25, 0.3) is 0 Å². The van der Waals surface area contributed by atoms with Crippen LogP contribution in [0.2, 0.25) is 0 Å². The Kier molecular flexibility index (Phi) is 8.61. The summed E-state index contributed by atoms with van der Waals surface area (Å²) in [5.74, 6) is 0.964. The Morgan fingerprint density at radius 2 is 1.88 bits per heavy atom. The zero-order valence-corrected chi connectivity index (χ0v) is 16.1. The third-order valence-electron chi connectivity index (χ3n) is 5.44. The number of fused-ring (bicyclic) bond motifs is 2. The highest BCUT2D eigenvalue weighted by atomic mass is 35.5. The van der Waals surface area contributed by atoms with Crippen molar-refractivity contribution in [3.63, 3.8) is 0 Å². The van der Waals surface area contributed by atoms with Gasteiger partial charge in [-0.2, -0.15) is 0 Å². The van der Waals surface area contributed by atoms with Crippen LogP contribution in [0.15, 0.2) is 24.3 Å². The number of likely N-dealkylation sites (N-methyl/N-ethyl adjacent to an activating group) is 1. The van der Waals surface area contributed by atoms with Crippen LogP contribution in [-0.2, 0) is 11.3 Å². The van der Waals surface area contributed by atoms with Gasteiger partial charge in [0.2, 0.25) is 5.91 Å². The predicted octanol–water partition coefficient (Wildman–Crippen LogP) is 2.59. The fourth-order valence-corrected chi connectivity index (χ4v) is 4.19. The van der Waals surface area contributed by atoms with Gasteiger partial charge in [0.15, 0.2) is 0 Å². The number of hydrogen-bond acceptors (Lipinski definition) is 3. The van der Waals surface area contributed by atoms with E-state index in [1.54, 1.807) is 12.1 Å². The maximum atomic E-state index is 12.9. The Morgan fingerprint density at radius 3 is 2.48 bits per heavy atom. The van der Waals surface area contributed by atoms with Gasteiger partial charge in [-0.25, -0.2) is 4.39 Å². The van der Waals surface area contributed by atoms with E-state index in [1.807, 2.05) is 7.05 Å². The largest absolute Gasteiger partial charge is 0.355 e. The predicted molar refractivity (Wildman–Crippen MR) is 103 cm³/mol. The van der Waals surface area contributed by atoms with Gasteiger partial charge < -0.3 is 16.0 Å². The Balaban J connectivity index is 0.00000156. The van der Waals surface area contributed by atoms with Gasteiger partial charge in [0, 0.05) is 25.7 Å². The van der Waals surface area contributed by atoms with E-state index in [0.29, 0.717) is 18.4 Å². The molecule has 2 fully saturated rings. The van der Waals surface area contributed by atoms with Crippen molar-refractivity contribution < 1.29 is 9.18 Å². The maximum absolute atomic E-state index is 12.9. The quantitative estimate of drug-likeness (QED) is 0.783. The number of halogens is 3. The number of nitrogens with one attached hydrogen (secondary N) is 1. The zero-order valence-electron chi connectivity index (χ0n) is 14.5. The first-order valence-corrected chi connectivity index (χ1v) is 8.51. The molecule has 0 aromatic heterocycles. The lowest BCUT2D eigenvalue weighted by Gasteiger charge is -2.27. The molecule has 7 heteroatoms. The van der Waals surface area contributed by atoms with E-state index < -0.39 is 0 Å². The molecule has 0 heterocycles. The minimum atomic E-state index is -0.217. The van der Waals surface area contributed by atoms with E-state index in [-0.39, 0.29) is 48.5 Å². The molecule has 142 valence electrons. The van der Waals surface area contributed by atoms with E-state index in [0.717, 1.165) is 31.5 Å². The molecule has 2 saturated carbocycles. The van der Waals surface area contributed by atoms with Gasteiger partial charge in [0.05, 0.1) is 5.92 Å². The molecular formula is C18H28Cl2FN3O. The first kappa shape index (κ1) is 22.2. The summed E-state index contributed by atoms with van der Waals surface area (Å²) in [5, 5.41) is 3.05. The average Bonchev–Trinajstić information content (AvgIpc) is 3.10. The van der Waals surface area contributed by atoms with Crippen LogP contribution in [0.25, 0.3) is 0 Å². The molecule has 1 aromatic rings. The highest BCUT2D eigenvalue weighted by molar-refractivity contribution is 5.85. The van der Waals surface area contributed by atoms with Crippen LogP contribution >= 0.6 is 24.8 Å². The molecule has 3 N–H and O–H groups in total. The van der Waals surface area contributed by atoms with Crippen molar-refractivity contribution in [3.05, 3.63) is 35.6 Å². The number of benzene rings is 1. The lowest BCUT2D eigenvalue weighted by molar-refractivity contribution is -0.127. The number of rotatable bonds is 6. The standard InChI is InChI=1S/C18H26FN3O.2ClH/c1-22(11-12-2-6-15(19)7-3-12)9-8-21-18(23)16-13-4-5-14(10-13)17(16)20;;/h2-3,6-7,13-14,16-17H,4-5,8-11,20H2,1H3,(H,21,23);2*1H. The Bertz CT molecular complexity index is 556. The van der Waals surface area contributed by atoms with Crippen LogP contribution in [0.5, 0.6) is 0 Å². The zero-order chi connectivity index (χ0) is 16.4. The summed E-state index contributed by atoms with van der Waals surface area (Å²) in [6, 6.07) is 6.58. The van der Waals surface area contributed by atoms with E-state index >= 15 is 0 Å². The van der Waals surface area contributed by atoms with Crippen LogP contribution in [0.1, 0.15) is 24.8 Å². The smallest absolute Gasteiger partial charge is 0.225 e. The highest BCUT2D eigenvalue weighted by Gasteiger charge is 2.48. The molecule has 0 spiro atoms. The molecule has 3 rings (SSSR count). The van der Waals surface area contributed by atoms with E-state index in [9.17, 15) is 9.18 Å². The van der Waals surface area contributed by atoms with Crippen molar-refractivity contribution in [2.75, 3.05) is 20.1 Å². The van der Waals surface area contributed by atoms with Crippen molar-refractivity contribution in [3.8, 4) is 0 Å². The molecule has 2 aliphatic carbocycles. The van der Waals surface area contributed by atoms with Crippen molar-refractivity contribution in [2.24, 2.45) is 23.5 Å². The molecular weight excluding hydrogens is 364 g/mol. The molecule has 0 radical (unpaired) electrons. The average molecular weight is 392 g/mol. The number of nitrogens with zero attached hydrogens (tertiary/aromatic N) is 1. The summed E-state index contributed by atoms with van der Waals surface area (Å²) in [4.78, 5) is 14.5. The van der Waals surface area contributed by atoms with E-state index in [4.69, 9.17) is 5.73 Å². The van der Waals surface area contributed by atoms with Crippen LogP contribution < -0.4 is 11.1 Å². The molecule has 25 heavy (non-hydrogen) atoms. The molecule has 4 unspecified atom stereocenters. The molecule has 1 aromatic carbocycles. The second kappa shape index (κ2) is 9.72. The topological polar surface area (TPSA) is 58.4 Å². The van der Waals surface area contributed by atoms with Gasteiger partial charge in [-0.1, -0.05) is 12.1 Å². The van der Waals surface area contributed by atoms with Gasteiger partial charge in [-0.05, 0) is 55.8 Å². The van der Waals surface area contributed by atoms with Gasteiger partial charge in [0.1, 0.15) is 5.82 Å². The fourth-order valence-electron chi connectivity index (χ4n) is 4.19. The molecule has 4 nitrogen and oxygen atoms in total. The minimum Gasteiger partial charge on any atom is -0.355 e. The van der Waals surface area contributed by atoms with Crippen LogP contribution in [0.4, 0.5) is 4.39 Å². The minimum absolute atomic E-state index is 0. The summed E-state index contributed by atoms with van der Waals surface area (Å²) < 4.78 is 12.9. The van der Waals surface area contributed by atoms with E-state index in [2.05, 4.69) is 10.2 Å². The van der Waals surface area contributed by atoms with Crippen LogP contribution in [0, 0.1) is 23.6 Å². The number of nitrogens with two attached hydrogens (primary N) is 1. The normalized spacial score (nSPS) is 26.9. The summed E-state index contributed by atoms with van der Waals surface area (Å²) in [5.41, 5.74) is 7.27. The first-order valence-electron chi connectivity index (χ1n) is 8.51. The lowest BCUT2D eigenvalue weighted by Crippen LogP contribution is -2.46. The molecule has 2 bridgehead atoms. The highest BCUT2D eigenvalue weighted by Crippen LogP contribution is 2.47. The molecule has 0 aliphatic heterocycles. The SMILES string of the molecule is CN(CCNC(=O)C1C2CCC(C2)C1N)Cc1ccc(F)cc1.Cl.Cl. The van der Waals surface area contributed by atoms with Crippen molar-refractivity contribution >= 4 is 30.7 Å². The second-order valence-electron chi connectivity index (χ2n) is 7.09. The van der Waals surface area contributed by atoms with Gasteiger partial charge in [-0.15, -0.1) is 24.8 Å². The third-order valence-corrected chi connectivity index (χ3v) is 5.44. The Morgan fingerprint density at radius 1 is 1.24 bits per heavy atom. The van der Waals surface area contributed by atoms with Crippen LogP contribution in [-0.4, -0.2) is 37.0 Å². The van der Waals surface area contributed by atoms with Crippen molar-refractivity contribution in [1.29, 1.82) is 0 Å². The molecule has 2 aliphatic rings. The molecule has 1 amide bonds. The summed E-state index contributed by atoms with van der Waals surface area (Å²) >= 11 is 0. The number of carbonyl (C=O) groups excluding carboxylic acids is 1. The van der Waals surface area contributed by atoms with Gasteiger partial charge >= 0.3 is 0 Å². The Hall–Kier alpha value is -0.880. The molecule has 0 saturated heterocycles. The lowest BCUT2D eigenvalue weighted by atomic mass is 9.84. The maximum Gasteiger partial charge on any atom is 0.225 e. The second-order valence-corrected chi connectivity index (χ2v) is 7.09. The summed E-state index contributed by atoms with van der Waals surface area (Å²) in [7, 11) is 2.00. The monoisotopic (exact) mass is 391 g/mol. The van der Waals surface area contributed by atoms with Gasteiger partial charge in [-0.3, -0.25) is 4.79 Å². The van der Waals surface area contributed by atoms with Crippen molar-refractivity contribution in [2.45, 2.75) is 31.8 Å².